The van der Waals surface area contributed by atoms with Gasteiger partial charge in [-0.2, -0.15) is 0 Å². The number of rotatable bonds is 16. The third-order valence-electron chi connectivity index (χ3n) is 8.44. The summed E-state index contributed by atoms with van der Waals surface area (Å²) in [5.41, 5.74) is 4.04. The van der Waals surface area contributed by atoms with Gasteiger partial charge in [-0.15, -0.1) is 0 Å². The standard InChI is InChI=1S/C37H66N8O9/c1-35(2,3)52-30(46)26-40-18-20-41(27-31(47)53-36(4,5)6)22-24-43(25-23-42(21-19-40)28-32(48)54-37(7,8)9)29(33(38)49)14-12-10-11-13-16-44-17-15-39-34(44)45(50)51/h15,17,29H,10-14,16,18-28H2,1-9H3,(H2,38,49). The smallest absolute Gasteiger partial charge is 0.434 e. The van der Waals surface area contributed by atoms with Gasteiger partial charge >= 0.3 is 23.9 Å². The van der Waals surface area contributed by atoms with Gasteiger partial charge in [-0.3, -0.25) is 38.8 Å². The Kier molecular flexibility index (Phi) is 18.4. The molecule has 1 unspecified atom stereocenters. The third kappa shape index (κ3) is 19.6. The Bertz CT molecular complexity index is 1320. The second kappa shape index (κ2) is 21.4. The van der Waals surface area contributed by atoms with Gasteiger partial charge in [-0.05, 0) is 80.1 Å². The Balaban J connectivity index is 2.27. The monoisotopic (exact) mass is 766 g/mol. The van der Waals surface area contributed by atoms with Gasteiger partial charge in [0.25, 0.3) is 0 Å². The number of imidazole rings is 1. The molecule has 17 heteroatoms. The summed E-state index contributed by atoms with van der Waals surface area (Å²) in [6, 6.07) is -0.599. The number of amides is 1. The van der Waals surface area contributed by atoms with Crippen LogP contribution in [-0.2, 0) is 39.9 Å². The SMILES string of the molecule is CC(C)(C)OC(=O)CN1CCN(CC(=O)OC(C)(C)C)CCN(C(CCCCCCn2ccnc2[N+](=O)[O-])C(N)=O)CCN(CC(=O)OC(C)(C)C)CC1. The summed E-state index contributed by atoms with van der Waals surface area (Å²) in [4.78, 5) is 74.4. The fourth-order valence-electron chi connectivity index (χ4n) is 6.13. The van der Waals surface area contributed by atoms with Crippen LogP contribution >= 0.6 is 0 Å². The first-order valence-electron chi connectivity index (χ1n) is 19.0. The first kappa shape index (κ1) is 46.5. The average Bonchev–Trinajstić information content (AvgIpc) is 3.47. The zero-order valence-corrected chi connectivity index (χ0v) is 34.1. The molecule has 1 aromatic rings. The minimum atomic E-state index is -0.666. The fraction of sp³-hybridized carbons (Fsp3) is 0.811. The van der Waals surface area contributed by atoms with Gasteiger partial charge in [0, 0.05) is 52.4 Å². The highest BCUT2D eigenvalue weighted by Crippen LogP contribution is 2.16. The van der Waals surface area contributed by atoms with Crippen LogP contribution in [-0.4, -0.2) is 153 Å². The van der Waals surface area contributed by atoms with Crippen LogP contribution in [0.25, 0.3) is 0 Å². The first-order valence-corrected chi connectivity index (χ1v) is 19.0. The third-order valence-corrected chi connectivity index (χ3v) is 8.44. The van der Waals surface area contributed by atoms with Gasteiger partial charge in [0.2, 0.25) is 5.91 Å². The molecule has 0 saturated carbocycles. The summed E-state index contributed by atoms with van der Waals surface area (Å²) < 4.78 is 18.4. The molecule has 0 bridgehead atoms. The van der Waals surface area contributed by atoms with Gasteiger partial charge < -0.3 is 30.1 Å². The number of unbranched alkanes of at least 4 members (excludes halogenated alkanes) is 3. The van der Waals surface area contributed by atoms with E-state index in [-0.39, 0.29) is 43.5 Å². The number of hydrogen-bond donors (Lipinski definition) is 1. The molecule has 0 radical (unpaired) electrons. The molecule has 17 nitrogen and oxygen atoms in total. The number of nitrogens with two attached hydrogens (primary N) is 1. The fourth-order valence-corrected chi connectivity index (χ4v) is 6.13. The molecule has 1 atom stereocenters. The van der Waals surface area contributed by atoms with Crippen LogP contribution < -0.4 is 5.73 Å². The highest BCUT2D eigenvalue weighted by molar-refractivity contribution is 5.79. The van der Waals surface area contributed by atoms with E-state index >= 15 is 0 Å². The minimum Gasteiger partial charge on any atom is -0.459 e. The Hall–Kier alpha value is -3.67. The summed E-state index contributed by atoms with van der Waals surface area (Å²) in [5, 5.41) is 11.2. The molecule has 54 heavy (non-hydrogen) atoms. The van der Waals surface area contributed by atoms with Crippen molar-refractivity contribution in [3.8, 4) is 0 Å². The number of ether oxygens (including phenoxy) is 3. The molecule has 2 heterocycles. The lowest BCUT2D eigenvalue weighted by molar-refractivity contribution is -0.396. The summed E-state index contributed by atoms with van der Waals surface area (Å²) >= 11 is 0. The number of primary amides is 1. The van der Waals surface area contributed by atoms with Gasteiger partial charge in [-0.25, -0.2) is 4.57 Å². The normalized spacial score (nSPS) is 17.2. The summed E-state index contributed by atoms with van der Waals surface area (Å²) in [6.45, 7) is 20.2. The van der Waals surface area contributed by atoms with E-state index < -0.39 is 33.7 Å². The van der Waals surface area contributed by atoms with Gasteiger partial charge in [0.15, 0.2) is 0 Å². The van der Waals surface area contributed by atoms with Crippen molar-refractivity contribution in [2.24, 2.45) is 5.73 Å². The number of carbonyl (C=O) groups is 4. The van der Waals surface area contributed by atoms with E-state index in [1.165, 1.54) is 10.8 Å². The van der Waals surface area contributed by atoms with E-state index in [0.717, 1.165) is 12.8 Å². The molecule has 308 valence electrons. The molecule has 1 aliphatic heterocycles. The Labute approximate surface area is 320 Å². The summed E-state index contributed by atoms with van der Waals surface area (Å²) in [7, 11) is 0. The predicted octanol–water partition coefficient (Wildman–Crippen LogP) is 2.84. The van der Waals surface area contributed by atoms with Crippen molar-refractivity contribution >= 4 is 29.8 Å². The summed E-state index contributed by atoms with van der Waals surface area (Å²) in [5.74, 6) is -1.77. The van der Waals surface area contributed by atoms with E-state index in [1.807, 2.05) is 81.9 Å². The van der Waals surface area contributed by atoms with E-state index in [2.05, 4.69) is 4.98 Å². The molecule has 1 aromatic heterocycles. The summed E-state index contributed by atoms with van der Waals surface area (Å²) in [6.07, 6.45) is 6.52. The van der Waals surface area contributed by atoms with Crippen molar-refractivity contribution < 1.29 is 38.3 Å². The zero-order chi connectivity index (χ0) is 40.7. The van der Waals surface area contributed by atoms with Gasteiger partial charge in [0.05, 0.1) is 32.2 Å². The quantitative estimate of drug-likeness (QED) is 0.0848. The molecule has 2 N–H and O–H groups in total. The van der Waals surface area contributed by atoms with Crippen LogP contribution in [0, 0.1) is 10.1 Å². The maximum Gasteiger partial charge on any atom is 0.434 e. The number of carbonyl (C=O) groups excluding carboxylic acids is 4. The second-order valence-corrected chi connectivity index (χ2v) is 16.9. The molecular weight excluding hydrogens is 700 g/mol. The van der Waals surface area contributed by atoms with Gasteiger partial charge in [0.1, 0.15) is 29.2 Å². The number of aryl methyl sites for hydroxylation is 1. The van der Waals surface area contributed by atoms with E-state index in [0.29, 0.717) is 78.2 Å². The van der Waals surface area contributed by atoms with Crippen molar-refractivity contribution in [1.29, 1.82) is 0 Å². The number of hydrogen-bond acceptors (Lipinski definition) is 14. The second-order valence-electron chi connectivity index (χ2n) is 16.9. The van der Waals surface area contributed by atoms with Crippen LogP contribution in [0.15, 0.2) is 12.4 Å². The van der Waals surface area contributed by atoms with Crippen molar-refractivity contribution in [3.63, 3.8) is 0 Å². The minimum absolute atomic E-state index is 0.0203. The maximum absolute atomic E-state index is 13.0. The zero-order valence-electron chi connectivity index (χ0n) is 34.1. The number of aromatic nitrogens is 2. The lowest BCUT2D eigenvalue weighted by Gasteiger charge is -2.36. The van der Waals surface area contributed by atoms with E-state index in [4.69, 9.17) is 19.9 Å². The lowest BCUT2D eigenvalue weighted by atomic mass is 10.0. The van der Waals surface area contributed by atoms with E-state index in [1.54, 1.807) is 6.20 Å². The number of nitro groups is 1. The van der Waals surface area contributed by atoms with Crippen LogP contribution in [0.5, 0.6) is 0 Å². The Morgan fingerprint density at radius 3 is 1.46 bits per heavy atom. The van der Waals surface area contributed by atoms with Crippen LogP contribution in [0.3, 0.4) is 0 Å². The largest absolute Gasteiger partial charge is 0.459 e. The van der Waals surface area contributed by atoms with Crippen molar-refractivity contribution in [1.82, 2.24) is 29.2 Å². The Morgan fingerprint density at radius 2 is 1.09 bits per heavy atom. The van der Waals surface area contributed by atoms with Crippen LogP contribution in [0.1, 0.15) is 94.4 Å². The first-order chi connectivity index (χ1) is 25.0. The lowest BCUT2D eigenvalue weighted by Crippen LogP contribution is -2.53. The van der Waals surface area contributed by atoms with Crippen molar-refractivity contribution in [2.45, 2.75) is 124 Å². The molecular formula is C37H66N8O9. The average molecular weight is 767 g/mol. The highest BCUT2D eigenvalue weighted by Gasteiger charge is 2.29. The van der Waals surface area contributed by atoms with Crippen molar-refractivity contribution in [3.05, 3.63) is 22.5 Å². The van der Waals surface area contributed by atoms with Crippen molar-refractivity contribution in [2.75, 3.05) is 72.0 Å². The Morgan fingerprint density at radius 1 is 0.704 bits per heavy atom. The number of nitrogens with zero attached hydrogens (tertiary/aromatic N) is 7. The molecule has 2 rings (SSSR count). The highest BCUT2D eigenvalue weighted by atomic mass is 16.6. The molecule has 1 amide bonds. The molecule has 0 aliphatic carbocycles. The van der Waals surface area contributed by atoms with Crippen LogP contribution in [0.4, 0.5) is 5.95 Å². The van der Waals surface area contributed by atoms with Gasteiger partial charge in [-0.1, -0.05) is 24.2 Å². The number of esters is 3. The molecule has 0 aromatic carbocycles. The van der Waals surface area contributed by atoms with E-state index in [9.17, 15) is 29.3 Å². The maximum atomic E-state index is 13.0. The van der Waals surface area contributed by atoms with Crippen LogP contribution in [0.2, 0.25) is 0 Å². The molecule has 0 spiro atoms. The molecule has 1 saturated heterocycles. The topological polar surface area (TPSA) is 196 Å². The predicted molar refractivity (Wildman–Crippen MR) is 203 cm³/mol. The molecule has 1 fully saturated rings. The molecule has 1 aliphatic rings.